The van der Waals surface area contributed by atoms with Gasteiger partial charge in [0.1, 0.15) is 0 Å². The first-order chi connectivity index (χ1) is 12.8. The molecule has 0 fully saturated rings. The number of hydrogen-bond acceptors (Lipinski definition) is 5. The first-order valence-corrected chi connectivity index (χ1v) is 8.56. The molecule has 2 amide bonds. The van der Waals surface area contributed by atoms with E-state index in [-0.39, 0.29) is 16.5 Å². The fourth-order valence-electron chi connectivity index (χ4n) is 2.16. The number of carbonyl (C=O) groups excluding carboxylic acids is 2. The predicted molar refractivity (Wildman–Crippen MR) is 105 cm³/mol. The lowest BCUT2D eigenvalue weighted by atomic mass is 10.1. The first kappa shape index (κ1) is 20.3. The number of nitrogens with zero attached hydrogens (tertiary/aromatic N) is 1. The van der Waals surface area contributed by atoms with Crippen LogP contribution < -0.4 is 15.5 Å². The van der Waals surface area contributed by atoms with Gasteiger partial charge >= 0.3 is 11.8 Å². The number of amides is 2. The van der Waals surface area contributed by atoms with Gasteiger partial charge in [-0.05, 0) is 61.7 Å². The molecule has 0 spiro atoms. The van der Waals surface area contributed by atoms with Gasteiger partial charge in [-0.2, -0.15) is 5.10 Å². The van der Waals surface area contributed by atoms with Gasteiger partial charge in [0.25, 0.3) is 0 Å². The number of benzene rings is 2. The standard InChI is InChI=1S/C19H20ClN3O4/c1-4-27-16-9-13(8-15(20)17(16)24)10-21-23-19(26)18(25)22-14-6-5-11(2)12(3)7-14/h5-10,24H,4H2,1-3H3,(H,22,25)(H,23,26)/b21-10-. The lowest BCUT2D eigenvalue weighted by Crippen LogP contribution is -2.32. The van der Waals surface area contributed by atoms with Crippen LogP contribution in [0.1, 0.15) is 23.6 Å². The van der Waals surface area contributed by atoms with Crippen LogP contribution in [0.4, 0.5) is 5.69 Å². The number of aryl methyl sites for hydroxylation is 2. The first-order valence-electron chi connectivity index (χ1n) is 8.18. The van der Waals surface area contributed by atoms with Crippen LogP contribution in [0.2, 0.25) is 5.02 Å². The third-order valence-corrected chi connectivity index (χ3v) is 3.99. The lowest BCUT2D eigenvalue weighted by molar-refractivity contribution is -0.136. The summed E-state index contributed by atoms with van der Waals surface area (Å²) in [5.74, 6) is -1.73. The molecule has 0 atom stereocenters. The van der Waals surface area contributed by atoms with Crippen molar-refractivity contribution in [3.05, 3.63) is 52.0 Å². The maximum Gasteiger partial charge on any atom is 0.329 e. The van der Waals surface area contributed by atoms with E-state index in [1.54, 1.807) is 19.1 Å². The highest BCUT2D eigenvalue weighted by Gasteiger charge is 2.13. The highest BCUT2D eigenvalue weighted by molar-refractivity contribution is 6.39. The van der Waals surface area contributed by atoms with E-state index in [0.717, 1.165) is 11.1 Å². The number of anilines is 1. The van der Waals surface area contributed by atoms with Crippen LogP contribution in [-0.4, -0.2) is 29.7 Å². The Morgan fingerprint density at radius 2 is 1.93 bits per heavy atom. The van der Waals surface area contributed by atoms with E-state index in [9.17, 15) is 14.7 Å². The maximum atomic E-state index is 11.9. The second kappa shape index (κ2) is 9.05. The van der Waals surface area contributed by atoms with Crippen molar-refractivity contribution < 1.29 is 19.4 Å². The van der Waals surface area contributed by atoms with E-state index in [2.05, 4.69) is 15.8 Å². The van der Waals surface area contributed by atoms with Crippen LogP contribution >= 0.6 is 11.6 Å². The van der Waals surface area contributed by atoms with Crippen LogP contribution in [0.15, 0.2) is 35.4 Å². The van der Waals surface area contributed by atoms with Gasteiger partial charge in [-0.1, -0.05) is 17.7 Å². The topological polar surface area (TPSA) is 100 Å². The zero-order valence-corrected chi connectivity index (χ0v) is 15.9. The zero-order valence-electron chi connectivity index (χ0n) is 15.2. The summed E-state index contributed by atoms with van der Waals surface area (Å²) in [4.78, 5) is 23.8. The fourth-order valence-corrected chi connectivity index (χ4v) is 2.38. The van der Waals surface area contributed by atoms with Crippen LogP contribution in [0.25, 0.3) is 0 Å². The molecule has 0 saturated heterocycles. The fraction of sp³-hybridized carbons (Fsp3) is 0.211. The minimum absolute atomic E-state index is 0.0845. The van der Waals surface area contributed by atoms with Crippen molar-refractivity contribution in [1.82, 2.24) is 5.43 Å². The summed E-state index contributed by atoms with van der Waals surface area (Å²) in [6.45, 7) is 5.98. The molecule has 8 heteroatoms. The van der Waals surface area contributed by atoms with Gasteiger partial charge < -0.3 is 15.2 Å². The van der Waals surface area contributed by atoms with Crippen LogP contribution in [0.3, 0.4) is 0 Å². The molecule has 0 aliphatic heterocycles. The Morgan fingerprint density at radius 1 is 1.19 bits per heavy atom. The Morgan fingerprint density at radius 3 is 2.59 bits per heavy atom. The van der Waals surface area contributed by atoms with E-state index >= 15 is 0 Å². The molecule has 2 rings (SSSR count). The molecule has 7 nitrogen and oxygen atoms in total. The largest absolute Gasteiger partial charge is 0.503 e. The Balaban J connectivity index is 1.99. The van der Waals surface area contributed by atoms with Crippen molar-refractivity contribution in [3.63, 3.8) is 0 Å². The van der Waals surface area contributed by atoms with Crippen molar-refractivity contribution in [2.24, 2.45) is 5.10 Å². The van der Waals surface area contributed by atoms with Gasteiger partial charge in [0.15, 0.2) is 11.5 Å². The van der Waals surface area contributed by atoms with Gasteiger partial charge in [-0.25, -0.2) is 5.43 Å². The summed E-state index contributed by atoms with van der Waals surface area (Å²) in [5.41, 5.74) is 5.22. The second-order valence-electron chi connectivity index (χ2n) is 5.73. The third kappa shape index (κ3) is 5.46. The predicted octanol–water partition coefficient (Wildman–Crippen LogP) is 3.15. The maximum absolute atomic E-state index is 11.9. The number of rotatable bonds is 5. The number of phenols is 1. The molecular weight excluding hydrogens is 370 g/mol. The number of hydrogen-bond donors (Lipinski definition) is 3. The number of nitrogens with one attached hydrogen (secondary N) is 2. The summed E-state index contributed by atoms with van der Waals surface area (Å²) < 4.78 is 5.26. The van der Waals surface area contributed by atoms with Gasteiger partial charge in [-0.3, -0.25) is 9.59 Å². The molecule has 142 valence electrons. The molecule has 3 N–H and O–H groups in total. The zero-order chi connectivity index (χ0) is 20.0. The number of phenolic OH excluding ortho intramolecular Hbond substituents is 1. The number of carbonyl (C=O) groups is 2. The molecule has 0 heterocycles. The van der Waals surface area contributed by atoms with Gasteiger partial charge in [0, 0.05) is 5.69 Å². The van der Waals surface area contributed by atoms with Crippen molar-refractivity contribution in [2.45, 2.75) is 20.8 Å². The van der Waals surface area contributed by atoms with Crippen molar-refractivity contribution >= 4 is 35.3 Å². The molecule has 0 aromatic heterocycles. The number of aromatic hydroxyl groups is 1. The molecule has 27 heavy (non-hydrogen) atoms. The number of halogens is 1. The summed E-state index contributed by atoms with van der Waals surface area (Å²) in [6, 6.07) is 8.30. The monoisotopic (exact) mass is 389 g/mol. The van der Waals surface area contributed by atoms with Gasteiger partial charge in [-0.15, -0.1) is 0 Å². The average Bonchev–Trinajstić information content (AvgIpc) is 2.62. The number of hydrazone groups is 1. The number of ether oxygens (including phenoxy) is 1. The van der Waals surface area contributed by atoms with E-state index in [1.807, 2.05) is 19.9 Å². The Labute approximate surface area is 162 Å². The van der Waals surface area contributed by atoms with Crippen molar-refractivity contribution in [1.29, 1.82) is 0 Å². The van der Waals surface area contributed by atoms with Gasteiger partial charge in [0.05, 0.1) is 17.8 Å². The minimum Gasteiger partial charge on any atom is -0.503 e. The smallest absolute Gasteiger partial charge is 0.329 e. The summed E-state index contributed by atoms with van der Waals surface area (Å²) in [6.07, 6.45) is 1.29. The van der Waals surface area contributed by atoms with Crippen molar-refractivity contribution in [3.8, 4) is 11.5 Å². The lowest BCUT2D eigenvalue weighted by Gasteiger charge is -2.08. The minimum atomic E-state index is -0.917. The SMILES string of the molecule is CCOc1cc(/C=N\NC(=O)C(=O)Nc2ccc(C)c(C)c2)cc(Cl)c1O. The van der Waals surface area contributed by atoms with Crippen LogP contribution in [0, 0.1) is 13.8 Å². The Kier molecular flexibility index (Phi) is 6.79. The average molecular weight is 390 g/mol. The molecular formula is C19H20ClN3O4. The normalized spacial score (nSPS) is 10.7. The second-order valence-corrected chi connectivity index (χ2v) is 6.14. The van der Waals surface area contributed by atoms with E-state index in [0.29, 0.717) is 17.9 Å². The molecule has 0 unspecified atom stereocenters. The summed E-state index contributed by atoms with van der Waals surface area (Å²) in [5, 5.41) is 16.1. The molecule has 2 aromatic carbocycles. The molecule has 0 bridgehead atoms. The van der Waals surface area contributed by atoms with Crippen LogP contribution in [0.5, 0.6) is 11.5 Å². The summed E-state index contributed by atoms with van der Waals surface area (Å²) in [7, 11) is 0. The Hall–Kier alpha value is -3.06. The van der Waals surface area contributed by atoms with E-state index in [4.69, 9.17) is 16.3 Å². The third-order valence-electron chi connectivity index (χ3n) is 3.70. The highest BCUT2D eigenvalue weighted by atomic mass is 35.5. The molecule has 2 aromatic rings. The van der Waals surface area contributed by atoms with Crippen LogP contribution in [-0.2, 0) is 9.59 Å². The highest BCUT2D eigenvalue weighted by Crippen LogP contribution is 2.34. The van der Waals surface area contributed by atoms with Crippen molar-refractivity contribution in [2.75, 3.05) is 11.9 Å². The summed E-state index contributed by atoms with van der Waals surface area (Å²) >= 11 is 5.92. The van der Waals surface area contributed by atoms with Gasteiger partial charge in [0.2, 0.25) is 0 Å². The van der Waals surface area contributed by atoms with E-state index < -0.39 is 11.8 Å². The molecule has 0 aliphatic carbocycles. The quantitative estimate of drug-likeness (QED) is 0.415. The Bertz CT molecular complexity index is 897. The molecule has 0 radical (unpaired) electrons. The molecule has 0 aliphatic rings. The van der Waals surface area contributed by atoms with E-state index in [1.165, 1.54) is 18.3 Å². The molecule has 0 saturated carbocycles.